The summed E-state index contributed by atoms with van der Waals surface area (Å²) in [5.41, 5.74) is 1.41. The van der Waals surface area contributed by atoms with Crippen molar-refractivity contribution in [1.29, 1.82) is 0 Å². The summed E-state index contributed by atoms with van der Waals surface area (Å²) in [7, 11) is 0. The van der Waals surface area contributed by atoms with Crippen molar-refractivity contribution in [3.8, 4) is 11.5 Å². The molecule has 2 unspecified atom stereocenters. The van der Waals surface area contributed by atoms with Crippen molar-refractivity contribution in [2.24, 2.45) is 5.92 Å². The summed E-state index contributed by atoms with van der Waals surface area (Å²) < 4.78 is 12.1. The Balaban J connectivity index is 2.07. The van der Waals surface area contributed by atoms with Gasteiger partial charge in [-0.2, -0.15) is 0 Å². The Hall–Kier alpha value is -1.18. The van der Waals surface area contributed by atoms with Crippen LogP contribution in [0.15, 0.2) is 18.2 Å². The van der Waals surface area contributed by atoms with Gasteiger partial charge in [0.25, 0.3) is 0 Å². The molecule has 1 aliphatic heterocycles. The molecule has 104 valence electrons. The van der Waals surface area contributed by atoms with Crippen LogP contribution in [0.25, 0.3) is 0 Å². The van der Waals surface area contributed by atoms with E-state index in [4.69, 9.17) is 9.47 Å². The van der Waals surface area contributed by atoms with E-state index >= 15 is 0 Å². The second kappa shape index (κ2) is 4.16. The number of fused-ring (bicyclic) bond motifs is 3. The summed E-state index contributed by atoms with van der Waals surface area (Å²) in [5, 5.41) is 0. The minimum atomic E-state index is -0.0663. The van der Waals surface area contributed by atoms with E-state index in [1.165, 1.54) is 18.4 Å². The Morgan fingerprint density at radius 2 is 2.05 bits per heavy atom. The molecule has 0 radical (unpaired) electrons. The van der Waals surface area contributed by atoms with E-state index in [9.17, 15) is 0 Å². The highest BCUT2D eigenvalue weighted by Crippen LogP contribution is 2.61. The summed E-state index contributed by atoms with van der Waals surface area (Å²) in [6.07, 6.45) is 3.62. The molecule has 0 bridgehead atoms. The van der Waals surface area contributed by atoms with Gasteiger partial charge in [0.2, 0.25) is 0 Å². The van der Waals surface area contributed by atoms with E-state index in [0.29, 0.717) is 6.61 Å². The number of para-hydroxylation sites is 1. The fraction of sp³-hybridized carbons (Fsp3) is 0.647. The van der Waals surface area contributed by atoms with Crippen LogP contribution in [0.3, 0.4) is 0 Å². The molecule has 1 aromatic rings. The molecule has 1 fully saturated rings. The maximum Gasteiger partial charge on any atom is 0.165 e. The molecule has 0 N–H and O–H groups in total. The predicted octanol–water partition coefficient (Wildman–Crippen LogP) is 4.31. The number of rotatable bonds is 3. The van der Waals surface area contributed by atoms with Gasteiger partial charge in [-0.3, -0.25) is 0 Å². The molecular weight excluding hydrogens is 236 g/mol. The second-order valence-electron chi connectivity index (χ2n) is 6.41. The minimum absolute atomic E-state index is 0.0663. The van der Waals surface area contributed by atoms with E-state index < -0.39 is 0 Å². The summed E-state index contributed by atoms with van der Waals surface area (Å²) in [5.74, 6) is 2.67. The van der Waals surface area contributed by atoms with Gasteiger partial charge in [-0.1, -0.05) is 32.4 Å². The first kappa shape index (κ1) is 12.8. The molecule has 0 spiro atoms. The van der Waals surface area contributed by atoms with Crippen LogP contribution in [-0.2, 0) is 5.41 Å². The minimum Gasteiger partial charge on any atom is -0.490 e. The number of benzene rings is 1. The first-order chi connectivity index (χ1) is 9.04. The Morgan fingerprint density at radius 1 is 1.26 bits per heavy atom. The smallest absolute Gasteiger partial charge is 0.165 e. The van der Waals surface area contributed by atoms with Gasteiger partial charge in [0.15, 0.2) is 11.5 Å². The van der Waals surface area contributed by atoms with Crippen LogP contribution >= 0.6 is 0 Å². The number of hydrogen-bond acceptors (Lipinski definition) is 2. The van der Waals surface area contributed by atoms with Crippen molar-refractivity contribution in [1.82, 2.24) is 0 Å². The quantitative estimate of drug-likeness (QED) is 0.806. The molecule has 2 aliphatic rings. The lowest BCUT2D eigenvalue weighted by molar-refractivity contribution is 0.0628. The van der Waals surface area contributed by atoms with Gasteiger partial charge in [0.05, 0.1) is 6.61 Å². The van der Waals surface area contributed by atoms with Crippen LogP contribution in [0.5, 0.6) is 11.5 Å². The molecule has 0 amide bonds. The van der Waals surface area contributed by atoms with Gasteiger partial charge >= 0.3 is 0 Å². The normalized spacial score (nSPS) is 35.7. The Morgan fingerprint density at radius 3 is 2.74 bits per heavy atom. The largest absolute Gasteiger partial charge is 0.490 e. The van der Waals surface area contributed by atoms with Crippen molar-refractivity contribution < 1.29 is 9.47 Å². The zero-order valence-corrected chi connectivity index (χ0v) is 12.5. The van der Waals surface area contributed by atoms with Gasteiger partial charge < -0.3 is 9.47 Å². The third-order valence-electron chi connectivity index (χ3n) is 5.32. The average Bonchev–Trinajstić information content (AvgIpc) is 2.75. The summed E-state index contributed by atoms with van der Waals surface area (Å²) in [4.78, 5) is 0. The standard InChI is InChI=1S/C17H24O2/c1-5-12-10-16(3)13-8-7-9-14(18-6-2)15(13)19-17(16,4)11-12/h7-9,12H,5-6,10-11H2,1-4H3/t12-,16?,17?/m1/s1. The van der Waals surface area contributed by atoms with E-state index in [1.54, 1.807) is 0 Å². The summed E-state index contributed by atoms with van der Waals surface area (Å²) in [6.45, 7) is 9.63. The third-order valence-corrected chi connectivity index (χ3v) is 5.32. The van der Waals surface area contributed by atoms with Crippen molar-refractivity contribution in [2.75, 3.05) is 6.61 Å². The number of hydrogen-bond donors (Lipinski definition) is 0. The van der Waals surface area contributed by atoms with Gasteiger partial charge in [-0.25, -0.2) is 0 Å². The van der Waals surface area contributed by atoms with Gasteiger partial charge in [-0.05, 0) is 38.7 Å². The fourth-order valence-electron chi connectivity index (χ4n) is 4.03. The lowest BCUT2D eigenvalue weighted by atomic mass is 9.73. The second-order valence-corrected chi connectivity index (χ2v) is 6.41. The highest BCUT2D eigenvalue weighted by atomic mass is 16.5. The molecule has 1 aliphatic carbocycles. The lowest BCUT2D eigenvalue weighted by Crippen LogP contribution is -2.42. The predicted molar refractivity (Wildman–Crippen MR) is 77.0 cm³/mol. The highest BCUT2D eigenvalue weighted by molar-refractivity contribution is 5.56. The van der Waals surface area contributed by atoms with Crippen LogP contribution in [0.4, 0.5) is 0 Å². The van der Waals surface area contributed by atoms with Crippen LogP contribution in [-0.4, -0.2) is 12.2 Å². The van der Waals surface area contributed by atoms with E-state index in [2.05, 4.69) is 32.9 Å². The van der Waals surface area contributed by atoms with Crippen molar-refractivity contribution in [3.63, 3.8) is 0 Å². The Labute approximate surface area is 116 Å². The molecule has 2 nitrogen and oxygen atoms in total. The topological polar surface area (TPSA) is 18.5 Å². The van der Waals surface area contributed by atoms with Crippen molar-refractivity contribution >= 4 is 0 Å². The third kappa shape index (κ3) is 1.62. The molecule has 0 saturated heterocycles. The first-order valence-corrected chi connectivity index (χ1v) is 7.49. The van der Waals surface area contributed by atoms with Crippen LogP contribution in [0, 0.1) is 5.92 Å². The molecule has 1 saturated carbocycles. The average molecular weight is 260 g/mol. The monoisotopic (exact) mass is 260 g/mol. The van der Waals surface area contributed by atoms with Crippen molar-refractivity contribution in [2.45, 2.75) is 58.0 Å². The molecule has 1 aromatic carbocycles. The van der Waals surface area contributed by atoms with Gasteiger partial charge in [0, 0.05) is 11.0 Å². The van der Waals surface area contributed by atoms with E-state index in [1.807, 2.05) is 13.0 Å². The number of ether oxygens (including phenoxy) is 2. The molecule has 3 atom stereocenters. The van der Waals surface area contributed by atoms with Crippen LogP contribution in [0.1, 0.15) is 52.5 Å². The fourth-order valence-corrected chi connectivity index (χ4v) is 4.03. The van der Waals surface area contributed by atoms with E-state index in [-0.39, 0.29) is 11.0 Å². The Bertz CT molecular complexity index is 496. The SMILES string of the molecule is CCOc1cccc2c1OC1(C)C[C@H](CC)CC21C. The zero-order valence-electron chi connectivity index (χ0n) is 12.5. The van der Waals surface area contributed by atoms with Crippen LogP contribution in [0.2, 0.25) is 0 Å². The highest BCUT2D eigenvalue weighted by Gasteiger charge is 2.60. The molecular formula is C17H24O2. The molecule has 1 heterocycles. The van der Waals surface area contributed by atoms with Crippen LogP contribution < -0.4 is 9.47 Å². The maximum atomic E-state index is 6.41. The van der Waals surface area contributed by atoms with Gasteiger partial charge in [-0.15, -0.1) is 0 Å². The zero-order chi connectivity index (χ0) is 13.7. The molecule has 2 heteroatoms. The lowest BCUT2D eigenvalue weighted by Gasteiger charge is -2.32. The molecule has 3 rings (SSSR count). The summed E-state index contributed by atoms with van der Waals surface area (Å²) in [6, 6.07) is 6.35. The molecule has 19 heavy (non-hydrogen) atoms. The maximum absolute atomic E-state index is 6.41. The van der Waals surface area contributed by atoms with Crippen molar-refractivity contribution in [3.05, 3.63) is 23.8 Å². The Kier molecular flexibility index (Phi) is 2.81. The molecule has 0 aromatic heterocycles. The van der Waals surface area contributed by atoms with E-state index in [0.717, 1.165) is 23.8 Å². The summed E-state index contributed by atoms with van der Waals surface area (Å²) >= 11 is 0. The first-order valence-electron chi connectivity index (χ1n) is 7.49. The van der Waals surface area contributed by atoms with Gasteiger partial charge in [0.1, 0.15) is 5.60 Å².